The number of fused-ring (bicyclic) bond motifs is 1. The van der Waals surface area contributed by atoms with Crippen LogP contribution in [0.5, 0.6) is 0 Å². The third kappa shape index (κ3) is 3.76. The normalized spacial score (nSPS) is 23.4. The minimum absolute atomic E-state index is 0.0260. The van der Waals surface area contributed by atoms with Gasteiger partial charge in [-0.1, -0.05) is 0 Å². The van der Waals surface area contributed by atoms with Crippen LogP contribution in [0.3, 0.4) is 0 Å². The van der Waals surface area contributed by atoms with E-state index >= 15 is 0 Å². The third-order valence-corrected chi connectivity index (χ3v) is 4.46. The van der Waals surface area contributed by atoms with Crippen molar-refractivity contribution in [2.24, 2.45) is 5.92 Å². The van der Waals surface area contributed by atoms with Gasteiger partial charge >= 0.3 is 0 Å². The molecule has 1 amide bonds. The number of hydrogen-bond donors (Lipinski definition) is 1. The van der Waals surface area contributed by atoms with E-state index in [9.17, 15) is 14.9 Å². The zero-order valence-electron chi connectivity index (χ0n) is 14.5. The highest BCUT2D eigenvalue weighted by Gasteiger charge is 2.30. The van der Waals surface area contributed by atoms with Crippen LogP contribution < -0.4 is 5.32 Å². The monoisotopic (exact) mass is 343 g/mol. The third-order valence-electron chi connectivity index (χ3n) is 4.46. The lowest BCUT2D eigenvalue weighted by atomic mass is 9.91. The summed E-state index contributed by atoms with van der Waals surface area (Å²) in [6, 6.07) is 6.22. The van der Waals surface area contributed by atoms with Crippen molar-refractivity contribution in [2.45, 2.75) is 45.8 Å². The van der Waals surface area contributed by atoms with Gasteiger partial charge < -0.3 is 10.1 Å². The molecule has 1 aliphatic rings. The van der Waals surface area contributed by atoms with Crippen LogP contribution in [0, 0.1) is 23.0 Å². The molecule has 1 saturated heterocycles. The SMILES string of the molecule is Cc1cc(NC(=O)C2C[C@@H](C)O[C@@H](C)C2)c2cc([N+](=O)[O-])ccc2n1. The Hall–Kier alpha value is -2.54. The van der Waals surface area contributed by atoms with Crippen LogP contribution in [0.15, 0.2) is 24.3 Å². The van der Waals surface area contributed by atoms with Gasteiger partial charge in [-0.25, -0.2) is 0 Å². The molecule has 1 N–H and O–H groups in total. The molecule has 2 heterocycles. The lowest BCUT2D eigenvalue weighted by molar-refractivity contribution is -0.384. The van der Waals surface area contributed by atoms with Crippen molar-refractivity contribution in [3.05, 3.63) is 40.1 Å². The fourth-order valence-electron chi connectivity index (χ4n) is 3.42. The number of nitro benzene ring substituents is 1. The molecule has 1 unspecified atom stereocenters. The van der Waals surface area contributed by atoms with Crippen LogP contribution in [-0.2, 0) is 9.53 Å². The summed E-state index contributed by atoms with van der Waals surface area (Å²) < 4.78 is 5.68. The number of rotatable bonds is 3. The van der Waals surface area contributed by atoms with Gasteiger partial charge in [-0.05, 0) is 45.7 Å². The Labute approximate surface area is 145 Å². The number of amides is 1. The predicted octanol–water partition coefficient (Wildman–Crippen LogP) is 3.59. The largest absolute Gasteiger partial charge is 0.376 e. The van der Waals surface area contributed by atoms with Gasteiger partial charge in [-0.2, -0.15) is 0 Å². The van der Waals surface area contributed by atoms with Crippen molar-refractivity contribution in [1.82, 2.24) is 4.98 Å². The molecule has 0 aliphatic carbocycles. The number of aromatic nitrogens is 1. The molecule has 0 bridgehead atoms. The molecule has 3 atom stereocenters. The molecule has 1 fully saturated rings. The van der Waals surface area contributed by atoms with Crippen LogP contribution in [-0.4, -0.2) is 28.0 Å². The predicted molar refractivity (Wildman–Crippen MR) is 94.5 cm³/mol. The highest BCUT2D eigenvalue weighted by molar-refractivity contribution is 6.02. The number of carbonyl (C=O) groups excluding carboxylic acids is 1. The molecule has 25 heavy (non-hydrogen) atoms. The molecular weight excluding hydrogens is 322 g/mol. The molecule has 1 aromatic carbocycles. The summed E-state index contributed by atoms with van der Waals surface area (Å²) >= 11 is 0. The van der Waals surface area contributed by atoms with Gasteiger partial charge in [0.2, 0.25) is 5.91 Å². The van der Waals surface area contributed by atoms with Gasteiger partial charge in [0, 0.05) is 29.1 Å². The first-order valence-electron chi connectivity index (χ1n) is 8.35. The molecule has 7 nitrogen and oxygen atoms in total. The maximum atomic E-state index is 12.7. The Balaban J connectivity index is 1.93. The standard InChI is InChI=1S/C18H21N3O4/c1-10-6-17(15-9-14(21(23)24)4-5-16(15)19-10)20-18(22)13-7-11(2)25-12(3)8-13/h4-6,9,11-13H,7-8H2,1-3H3,(H,19,20,22)/t11-,12+,13?. The summed E-state index contributed by atoms with van der Waals surface area (Å²) in [5, 5.41) is 14.6. The lowest BCUT2D eigenvalue weighted by Gasteiger charge is -2.31. The van der Waals surface area contributed by atoms with Crippen molar-refractivity contribution in [3.8, 4) is 0 Å². The number of ether oxygens (including phenoxy) is 1. The Morgan fingerprint density at radius 3 is 2.60 bits per heavy atom. The molecule has 7 heteroatoms. The summed E-state index contributed by atoms with van der Waals surface area (Å²) in [5.74, 6) is -0.221. The number of carbonyl (C=O) groups is 1. The molecule has 132 valence electrons. The molecule has 0 radical (unpaired) electrons. The fourth-order valence-corrected chi connectivity index (χ4v) is 3.42. The smallest absolute Gasteiger partial charge is 0.270 e. The number of nitrogens with one attached hydrogen (secondary N) is 1. The number of hydrogen-bond acceptors (Lipinski definition) is 5. The minimum Gasteiger partial charge on any atom is -0.376 e. The average molecular weight is 343 g/mol. The first-order chi connectivity index (χ1) is 11.8. The number of nitro groups is 1. The van der Waals surface area contributed by atoms with E-state index in [1.165, 1.54) is 12.1 Å². The molecule has 0 spiro atoms. The summed E-state index contributed by atoms with van der Waals surface area (Å²) in [6.07, 6.45) is 1.41. The fraction of sp³-hybridized carbons (Fsp3) is 0.444. The van der Waals surface area contributed by atoms with Crippen LogP contribution >= 0.6 is 0 Å². The minimum atomic E-state index is -0.452. The number of anilines is 1. The lowest BCUT2D eigenvalue weighted by Crippen LogP contribution is -2.36. The second kappa shape index (κ2) is 6.76. The van der Waals surface area contributed by atoms with E-state index in [4.69, 9.17) is 4.74 Å². The summed E-state index contributed by atoms with van der Waals surface area (Å²) in [4.78, 5) is 27.7. The van der Waals surface area contributed by atoms with E-state index < -0.39 is 4.92 Å². The topological polar surface area (TPSA) is 94.4 Å². The van der Waals surface area contributed by atoms with Crippen molar-refractivity contribution in [1.29, 1.82) is 0 Å². The number of non-ortho nitro benzene ring substituents is 1. The van der Waals surface area contributed by atoms with E-state index in [-0.39, 0.29) is 29.7 Å². The maximum Gasteiger partial charge on any atom is 0.270 e. The van der Waals surface area contributed by atoms with Gasteiger partial charge in [0.05, 0.1) is 28.3 Å². The summed E-state index contributed by atoms with van der Waals surface area (Å²) in [6.45, 7) is 5.76. The number of benzene rings is 1. The van der Waals surface area contributed by atoms with E-state index in [0.717, 1.165) is 5.69 Å². The molecular formula is C18H21N3O4. The summed E-state index contributed by atoms with van der Waals surface area (Å²) in [7, 11) is 0. The zero-order valence-corrected chi connectivity index (χ0v) is 14.5. The van der Waals surface area contributed by atoms with Crippen molar-refractivity contribution in [2.75, 3.05) is 5.32 Å². The van der Waals surface area contributed by atoms with E-state index in [1.54, 1.807) is 12.1 Å². The number of nitrogens with zero attached hydrogens (tertiary/aromatic N) is 2. The van der Waals surface area contributed by atoms with Gasteiger partial charge in [0.25, 0.3) is 5.69 Å². The molecule has 1 aromatic heterocycles. The number of pyridine rings is 1. The van der Waals surface area contributed by atoms with Crippen molar-refractivity contribution in [3.63, 3.8) is 0 Å². The van der Waals surface area contributed by atoms with E-state index in [1.807, 2.05) is 20.8 Å². The van der Waals surface area contributed by atoms with Crippen LogP contribution in [0.4, 0.5) is 11.4 Å². The molecule has 2 aromatic rings. The second-order valence-electron chi connectivity index (χ2n) is 6.68. The van der Waals surface area contributed by atoms with Crippen LogP contribution in [0.1, 0.15) is 32.4 Å². The zero-order chi connectivity index (χ0) is 18.1. The average Bonchev–Trinajstić information content (AvgIpc) is 2.53. The number of aryl methyl sites for hydroxylation is 1. The maximum absolute atomic E-state index is 12.7. The van der Waals surface area contributed by atoms with E-state index in [2.05, 4.69) is 10.3 Å². The van der Waals surface area contributed by atoms with Gasteiger partial charge in [-0.3, -0.25) is 19.9 Å². The van der Waals surface area contributed by atoms with Crippen LogP contribution in [0.2, 0.25) is 0 Å². The summed E-state index contributed by atoms with van der Waals surface area (Å²) in [5.41, 5.74) is 1.89. The Morgan fingerprint density at radius 2 is 1.96 bits per heavy atom. The second-order valence-corrected chi connectivity index (χ2v) is 6.68. The van der Waals surface area contributed by atoms with Gasteiger partial charge in [0.1, 0.15) is 0 Å². The molecule has 3 rings (SSSR count). The van der Waals surface area contributed by atoms with Crippen molar-refractivity contribution >= 4 is 28.2 Å². The Morgan fingerprint density at radius 1 is 1.28 bits per heavy atom. The van der Waals surface area contributed by atoms with Crippen molar-refractivity contribution < 1.29 is 14.5 Å². The first kappa shape index (κ1) is 17.3. The molecule has 1 aliphatic heterocycles. The van der Waals surface area contributed by atoms with Crippen LogP contribution in [0.25, 0.3) is 10.9 Å². The van der Waals surface area contributed by atoms with E-state index in [0.29, 0.717) is 29.4 Å². The van der Waals surface area contributed by atoms with Gasteiger partial charge in [-0.15, -0.1) is 0 Å². The van der Waals surface area contributed by atoms with Gasteiger partial charge in [0.15, 0.2) is 0 Å². The highest BCUT2D eigenvalue weighted by Crippen LogP contribution is 2.30. The molecule has 0 saturated carbocycles. The Kier molecular flexibility index (Phi) is 4.67. The quantitative estimate of drug-likeness (QED) is 0.679. The Bertz CT molecular complexity index is 826. The highest BCUT2D eigenvalue weighted by atomic mass is 16.6. The first-order valence-corrected chi connectivity index (χ1v) is 8.35.